The van der Waals surface area contributed by atoms with E-state index in [0.717, 1.165) is 29.1 Å². The topological polar surface area (TPSA) is 54.9 Å². The van der Waals surface area contributed by atoms with Crippen LogP contribution in [0, 0.1) is 0 Å². The van der Waals surface area contributed by atoms with Crippen LogP contribution in [0.25, 0.3) is 0 Å². The first-order valence-electron chi connectivity index (χ1n) is 7.92. The lowest BCUT2D eigenvalue weighted by molar-refractivity contribution is -0.120. The summed E-state index contributed by atoms with van der Waals surface area (Å²) < 4.78 is 0. The van der Waals surface area contributed by atoms with Gasteiger partial charge in [-0.2, -0.15) is 0 Å². The highest BCUT2D eigenvalue weighted by Gasteiger charge is 2.08. The second-order valence-corrected chi connectivity index (χ2v) is 6.48. The van der Waals surface area contributed by atoms with Gasteiger partial charge in [0.05, 0.1) is 17.1 Å². The number of nitrogens with one attached hydrogen (secondary N) is 1. The van der Waals surface area contributed by atoms with Crippen molar-refractivity contribution in [2.45, 2.75) is 25.8 Å². The summed E-state index contributed by atoms with van der Waals surface area (Å²) in [7, 11) is 0. The number of amides is 1. The number of hydrogen-bond acceptors (Lipinski definition) is 4. The Morgan fingerprint density at radius 2 is 1.88 bits per heavy atom. The van der Waals surface area contributed by atoms with Crippen molar-refractivity contribution in [1.82, 2.24) is 15.3 Å². The molecule has 1 N–H and O–H groups in total. The number of rotatable bonds is 7. The molecular weight excluding hydrogens is 318 g/mol. The van der Waals surface area contributed by atoms with Crippen LogP contribution in [-0.2, 0) is 30.6 Å². The zero-order chi connectivity index (χ0) is 16.6. The van der Waals surface area contributed by atoms with E-state index in [9.17, 15) is 4.79 Å². The van der Waals surface area contributed by atoms with Gasteiger partial charge < -0.3 is 5.32 Å². The molecule has 0 aliphatic rings. The SMILES string of the molecule is O=C(Cc1csc(CCc2ccccc2)n1)NCc1cccnc1. The summed E-state index contributed by atoms with van der Waals surface area (Å²) in [5.41, 5.74) is 3.14. The van der Waals surface area contributed by atoms with E-state index in [0.29, 0.717) is 13.0 Å². The molecule has 122 valence electrons. The van der Waals surface area contributed by atoms with Crippen LogP contribution >= 0.6 is 11.3 Å². The van der Waals surface area contributed by atoms with E-state index in [1.807, 2.05) is 23.6 Å². The monoisotopic (exact) mass is 337 g/mol. The van der Waals surface area contributed by atoms with Crippen molar-refractivity contribution < 1.29 is 4.79 Å². The predicted octanol–water partition coefficient (Wildman–Crippen LogP) is 3.18. The number of thiazole rings is 1. The molecule has 0 spiro atoms. The minimum Gasteiger partial charge on any atom is -0.352 e. The minimum absolute atomic E-state index is 0.0150. The third kappa shape index (κ3) is 4.99. The van der Waals surface area contributed by atoms with Gasteiger partial charge in [-0.15, -0.1) is 11.3 Å². The van der Waals surface area contributed by atoms with Gasteiger partial charge >= 0.3 is 0 Å². The standard InChI is InChI=1S/C19H19N3OS/c23-18(21-13-16-7-4-10-20-12-16)11-17-14-24-19(22-17)9-8-15-5-2-1-3-6-15/h1-7,10,12,14H,8-9,11,13H2,(H,21,23). The van der Waals surface area contributed by atoms with Gasteiger partial charge in [0.1, 0.15) is 0 Å². The predicted molar refractivity (Wildman–Crippen MR) is 95.8 cm³/mol. The molecule has 0 aliphatic carbocycles. The zero-order valence-electron chi connectivity index (χ0n) is 13.3. The van der Waals surface area contributed by atoms with Gasteiger partial charge in [-0.25, -0.2) is 4.98 Å². The van der Waals surface area contributed by atoms with Gasteiger partial charge in [0.2, 0.25) is 5.91 Å². The molecule has 3 rings (SSSR count). The van der Waals surface area contributed by atoms with Crippen molar-refractivity contribution in [3.8, 4) is 0 Å². The van der Waals surface area contributed by atoms with Crippen LogP contribution in [-0.4, -0.2) is 15.9 Å². The van der Waals surface area contributed by atoms with Crippen LogP contribution in [0.5, 0.6) is 0 Å². The molecule has 0 atom stereocenters. The molecule has 1 amide bonds. The van der Waals surface area contributed by atoms with Crippen molar-refractivity contribution in [2.24, 2.45) is 0 Å². The number of aromatic nitrogens is 2. The molecule has 2 heterocycles. The van der Waals surface area contributed by atoms with Gasteiger partial charge in [-0.3, -0.25) is 9.78 Å². The molecule has 0 radical (unpaired) electrons. The quantitative estimate of drug-likeness (QED) is 0.720. The van der Waals surface area contributed by atoms with E-state index in [4.69, 9.17) is 0 Å². The number of carbonyl (C=O) groups is 1. The molecule has 5 heteroatoms. The number of pyridine rings is 1. The third-order valence-electron chi connectivity index (χ3n) is 3.62. The maximum absolute atomic E-state index is 12.0. The van der Waals surface area contributed by atoms with E-state index >= 15 is 0 Å². The van der Waals surface area contributed by atoms with Crippen LogP contribution in [0.15, 0.2) is 60.2 Å². The fourth-order valence-electron chi connectivity index (χ4n) is 2.37. The van der Waals surface area contributed by atoms with Gasteiger partial charge in [0.25, 0.3) is 0 Å². The lowest BCUT2D eigenvalue weighted by atomic mass is 10.1. The van der Waals surface area contributed by atoms with Crippen molar-refractivity contribution in [3.63, 3.8) is 0 Å². The largest absolute Gasteiger partial charge is 0.352 e. The van der Waals surface area contributed by atoms with Gasteiger partial charge in [-0.05, 0) is 23.6 Å². The first-order chi connectivity index (χ1) is 11.8. The summed E-state index contributed by atoms with van der Waals surface area (Å²) in [6.07, 6.45) is 5.68. The van der Waals surface area contributed by atoms with Crippen LogP contribution in [0.3, 0.4) is 0 Å². The summed E-state index contributed by atoms with van der Waals surface area (Å²) in [6.45, 7) is 0.498. The molecule has 0 saturated heterocycles. The molecule has 2 aromatic heterocycles. The van der Waals surface area contributed by atoms with Crippen molar-refractivity contribution in [3.05, 3.63) is 82.1 Å². The Kier molecular flexibility index (Phi) is 5.69. The number of nitrogens with zero attached hydrogens (tertiary/aromatic N) is 2. The Bertz CT molecular complexity index is 772. The molecule has 24 heavy (non-hydrogen) atoms. The lowest BCUT2D eigenvalue weighted by Gasteiger charge is -2.03. The highest BCUT2D eigenvalue weighted by atomic mass is 32.1. The van der Waals surface area contributed by atoms with E-state index in [2.05, 4.69) is 39.6 Å². The molecule has 1 aromatic carbocycles. The Morgan fingerprint density at radius 1 is 1.04 bits per heavy atom. The van der Waals surface area contributed by atoms with Gasteiger partial charge in [0.15, 0.2) is 0 Å². The summed E-state index contributed by atoms with van der Waals surface area (Å²) in [6, 6.07) is 14.2. The number of aryl methyl sites for hydroxylation is 2. The van der Waals surface area contributed by atoms with Crippen molar-refractivity contribution in [1.29, 1.82) is 0 Å². The van der Waals surface area contributed by atoms with Crippen LogP contribution in [0.1, 0.15) is 21.8 Å². The first-order valence-corrected chi connectivity index (χ1v) is 8.80. The number of hydrogen-bond donors (Lipinski definition) is 1. The fraction of sp³-hybridized carbons (Fsp3) is 0.211. The number of benzene rings is 1. The Morgan fingerprint density at radius 3 is 2.67 bits per heavy atom. The molecule has 0 saturated carbocycles. The van der Waals surface area contributed by atoms with Crippen LogP contribution in [0.4, 0.5) is 0 Å². The van der Waals surface area contributed by atoms with E-state index in [1.165, 1.54) is 5.56 Å². The van der Waals surface area contributed by atoms with E-state index < -0.39 is 0 Å². The van der Waals surface area contributed by atoms with Crippen LogP contribution < -0.4 is 5.32 Å². The van der Waals surface area contributed by atoms with Gasteiger partial charge in [-0.1, -0.05) is 36.4 Å². The zero-order valence-corrected chi connectivity index (χ0v) is 14.1. The van der Waals surface area contributed by atoms with Crippen LogP contribution in [0.2, 0.25) is 0 Å². The number of carbonyl (C=O) groups excluding carboxylic acids is 1. The van der Waals surface area contributed by atoms with Gasteiger partial charge in [0, 0.05) is 30.7 Å². The average molecular weight is 337 g/mol. The Labute approximate surface area is 145 Å². The minimum atomic E-state index is -0.0150. The van der Waals surface area contributed by atoms with E-state index in [-0.39, 0.29) is 5.91 Å². The molecule has 3 aromatic rings. The highest BCUT2D eigenvalue weighted by molar-refractivity contribution is 7.09. The maximum Gasteiger partial charge on any atom is 0.226 e. The summed E-state index contributed by atoms with van der Waals surface area (Å²) in [5, 5.41) is 5.95. The maximum atomic E-state index is 12.0. The molecule has 0 fully saturated rings. The average Bonchev–Trinajstić information content (AvgIpc) is 3.07. The summed E-state index contributed by atoms with van der Waals surface area (Å²) in [5.74, 6) is -0.0150. The fourth-order valence-corrected chi connectivity index (χ4v) is 3.17. The van der Waals surface area contributed by atoms with Crippen molar-refractivity contribution in [2.75, 3.05) is 0 Å². The van der Waals surface area contributed by atoms with E-state index in [1.54, 1.807) is 23.7 Å². The first kappa shape index (κ1) is 16.3. The Balaban J connectivity index is 1.46. The molecule has 0 aliphatic heterocycles. The Hall–Kier alpha value is -2.53. The summed E-state index contributed by atoms with van der Waals surface area (Å²) in [4.78, 5) is 20.6. The second-order valence-electron chi connectivity index (χ2n) is 5.53. The normalized spacial score (nSPS) is 10.5. The van der Waals surface area contributed by atoms with Crippen molar-refractivity contribution >= 4 is 17.2 Å². The molecule has 0 unspecified atom stereocenters. The second kappa shape index (κ2) is 8.36. The molecule has 4 nitrogen and oxygen atoms in total. The molecular formula is C19H19N3OS. The third-order valence-corrected chi connectivity index (χ3v) is 4.58. The summed E-state index contributed by atoms with van der Waals surface area (Å²) >= 11 is 1.62. The smallest absolute Gasteiger partial charge is 0.226 e. The lowest BCUT2D eigenvalue weighted by Crippen LogP contribution is -2.24. The highest BCUT2D eigenvalue weighted by Crippen LogP contribution is 2.13. The molecule has 0 bridgehead atoms.